The zero-order valence-corrected chi connectivity index (χ0v) is 16.0. The number of phenolic OH excluding ortho intramolecular Hbond substituents is 2. The Bertz CT molecular complexity index is 942. The Morgan fingerprint density at radius 3 is 2.40 bits per heavy atom. The maximum atomic E-state index is 12.6. The Morgan fingerprint density at radius 2 is 1.70 bits per heavy atom. The summed E-state index contributed by atoms with van der Waals surface area (Å²) < 4.78 is 16.9. The minimum Gasteiger partial charge on any atom is -0.508 e. The molecule has 2 aromatic rings. The third-order valence-corrected chi connectivity index (χ3v) is 5.30. The summed E-state index contributed by atoms with van der Waals surface area (Å²) in [6.07, 6.45) is -6.97. The van der Waals surface area contributed by atoms with Crippen molar-refractivity contribution in [3.05, 3.63) is 47.5 Å². The van der Waals surface area contributed by atoms with Gasteiger partial charge in [0.2, 0.25) is 6.29 Å². The molecule has 2 heterocycles. The van der Waals surface area contributed by atoms with Gasteiger partial charge in [-0.1, -0.05) is 12.1 Å². The number of ketones is 1. The van der Waals surface area contributed by atoms with Crippen molar-refractivity contribution in [2.24, 2.45) is 0 Å². The molecule has 4 rings (SSSR count). The van der Waals surface area contributed by atoms with Crippen molar-refractivity contribution in [3.63, 3.8) is 0 Å². The predicted molar refractivity (Wildman–Crippen MR) is 102 cm³/mol. The molecule has 30 heavy (non-hydrogen) atoms. The number of Topliss-reactive ketones (excluding diaryl/α,β-unsaturated/α-hetero) is 1. The summed E-state index contributed by atoms with van der Waals surface area (Å²) in [5.74, 6) is -0.444. The van der Waals surface area contributed by atoms with Crippen molar-refractivity contribution in [2.45, 2.75) is 50.2 Å². The first-order chi connectivity index (χ1) is 14.2. The average Bonchev–Trinajstić information content (AvgIpc) is 2.70. The van der Waals surface area contributed by atoms with E-state index in [1.54, 1.807) is 12.1 Å². The summed E-state index contributed by atoms with van der Waals surface area (Å²) in [6, 6.07) is 8.82. The molecule has 2 aliphatic rings. The third kappa shape index (κ3) is 3.68. The first-order valence-corrected chi connectivity index (χ1v) is 9.46. The number of carbonyl (C=O) groups is 1. The first-order valence-electron chi connectivity index (χ1n) is 9.46. The van der Waals surface area contributed by atoms with Gasteiger partial charge in [0.1, 0.15) is 53.0 Å². The van der Waals surface area contributed by atoms with E-state index in [1.807, 2.05) is 0 Å². The summed E-state index contributed by atoms with van der Waals surface area (Å²) in [5, 5.41) is 49.6. The highest BCUT2D eigenvalue weighted by atomic mass is 16.7. The van der Waals surface area contributed by atoms with Crippen LogP contribution in [0, 0.1) is 0 Å². The third-order valence-electron chi connectivity index (χ3n) is 5.30. The van der Waals surface area contributed by atoms with Crippen molar-refractivity contribution in [1.29, 1.82) is 0 Å². The Hall–Kier alpha value is -2.85. The van der Waals surface area contributed by atoms with Crippen molar-refractivity contribution in [2.75, 3.05) is 0 Å². The van der Waals surface area contributed by atoms with E-state index in [-0.39, 0.29) is 40.8 Å². The summed E-state index contributed by atoms with van der Waals surface area (Å²) >= 11 is 0. The smallest absolute Gasteiger partial charge is 0.229 e. The van der Waals surface area contributed by atoms with Gasteiger partial charge in [-0.15, -0.1) is 0 Å². The van der Waals surface area contributed by atoms with Crippen LogP contribution in [0.4, 0.5) is 0 Å². The number of hydrogen-bond acceptors (Lipinski definition) is 9. The van der Waals surface area contributed by atoms with Gasteiger partial charge in [0.15, 0.2) is 5.78 Å². The van der Waals surface area contributed by atoms with Crippen molar-refractivity contribution in [3.8, 4) is 23.0 Å². The van der Waals surface area contributed by atoms with Gasteiger partial charge < -0.3 is 39.7 Å². The van der Waals surface area contributed by atoms with E-state index in [0.717, 1.165) is 0 Å². The van der Waals surface area contributed by atoms with E-state index in [9.17, 15) is 30.3 Å². The van der Waals surface area contributed by atoms with Gasteiger partial charge in [0.05, 0.1) is 12.5 Å². The number of hydrogen-bond donors (Lipinski definition) is 5. The van der Waals surface area contributed by atoms with Gasteiger partial charge >= 0.3 is 0 Å². The Morgan fingerprint density at radius 1 is 1.00 bits per heavy atom. The molecule has 0 radical (unpaired) electrons. The molecular formula is C21H22O9. The second-order valence-corrected chi connectivity index (χ2v) is 7.44. The van der Waals surface area contributed by atoms with Crippen LogP contribution >= 0.6 is 0 Å². The number of rotatable bonds is 3. The Labute approximate surface area is 171 Å². The van der Waals surface area contributed by atoms with Gasteiger partial charge in [0, 0.05) is 12.1 Å². The highest BCUT2D eigenvalue weighted by molar-refractivity contribution is 6.02. The molecule has 6 atom stereocenters. The van der Waals surface area contributed by atoms with E-state index in [2.05, 4.69) is 0 Å². The highest BCUT2D eigenvalue weighted by Gasteiger charge is 2.43. The first kappa shape index (κ1) is 20.4. The number of benzene rings is 2. The Kier molecular flexibility index (Phi) is 5.29. The predicted octanol–water partition coefficient (Wildman–Crippen LogP) is 1.01. The molecule has 0 saturated carbocycles. The number of aromatic hydroxyl groups is 2. The standard InChI is InChI=1S/C21H22O9/c1-9-18(25)19(26)20(27)21(28-9)29-12-6-13(23)17-14(24)8-15(30-16(17)7-12)10-2-4-11(22)5-3-10/h2-7,9,15,18-23,25-27H,8H2,1H3/t9?,15?,18-,19-,20?,21-/m0/s1. The summed E-state index contributed by atoms with van der Waals surface area (Å²) in [6.45, 7) is 1.52. The molecule has 9 heteroatoms. The maximum Gasteiger partial charge on any atom is 0.229 e. The van der Waals surface area contributed by atoms with Gasteiger partial charge in [-0.05, 0) is 24.6 Å². The van der Waals surface area contributed by atoms with Gasteiger partial charge in [-0.3, -0.25) is 4.79 Å². The zero-order valence-electron chi connectivity index (χ0n) is 16.0. The van der Waals surface area contributed by atoms with E-state index in [1.165, 1.54) is 31.2 Å². The van der Waals surface area contributed by atoms with Crippen LogP contribution in [-0.4, -0.2) is 62.0 Å². The molecule has 1 saturated heterocycles. The fraction of sp³-hybridized carbons (Fsp3) is 0.381. The molecule has 5 N–H and O–H groups in total. The number of ether oxygens (including phenoxy) is 3. The van der Waals surface area contributed by atoms with Crippen molar-refractivity contribution >= 4 is 5.78 Å². The lowest BCUT2D eigenvalue weighted by Gasteiger charge is -2.39. The second kappa shape index (κ2) is 7.77. The SMILES string of the molecule is CC1O[C@@H](Oc2cc(O)c3c(c2)OC(c2ccc(O)cc2)CC3=O)C(O)[C@@H](O)[C@H]1O. The number of aliphatic hydroxyl groups is 3. The lowest BCUT2D eigenvalue weighted by atomic mass is 9.95. The van der Waals surface area contributed by atoms with Crippen LogP contribution in [0.5, 0.6) is 23.0 Å². The monoisotopic (exact) mass is 418 g/mol. The molecule has 160 valence electrons. The molecule has 3 unspecified atom stereocenters. The molecular weight excluding hydrogens is 396 g/mol. The molecule has 2 aromatic carbocycles. The fourth-order valence-corrected chi connectivity index (χ4v) is 3.60. The quantitative estimate of drug-likeness (QED) is 0.493. The van der Waals surface area contributed by atoms with Gasteiger partial charge in [-0.25, -0.2) is 0 Å². The van der Waals surface area contributed by atoms with E-state index in [4.69, 9.17) is 14.2 Å². The number of fused-ring (bicyclic) bond motifs is 1. The normalized spacial score (nSPS) is 31.0. The zero-order chi connectivity index (χ0) is 21.6. The minimum atomic E-state index is -1.53. The number of aliphatic hydroxyl groups excluding tert-OH is 3. The van der Waals surface area contributed by atoms with E-state index >= 15 is 0 Å². The second-order valence-electron chi connectivity index (χ2n) is 7.44. The van der Waals surface area contributed by atoms with Crippen molar-refractivity contribution in [1.82, 2.24) is 0 Å². The molecule has 0 spiro atoms. The lowest BCUT2D eigenvalue weighted by Crippen LogP contribution is -2.58. The Balaban J connectivity index is 1.59. The number of carbonyl (C=O) groups excluding carboxylic acids is 1. The summed E-state index contributed by atoms with van der Waals surface area (Å²) in [4.78, 5) is 12.6. The van der Waals surface area contributed by atoms with Crippen LogP contribution in [0.15, 0.2) is 36.4 Å². The molecule has 0 aromatic heterocycles. The van der Waals surface area contributed by atoms with Crippen LogP contribution in [0.1, 0.15) is 35.4 Å². The van der Waals surface area contributed by atoms with E-state index in [0.29, 0.717) is 5.56 Å². The van der Waals surface area contributed by atoms with Crippen LogP contribution in [0.2, 0.25) is 0 Å². The van der Waals surface area contributed by atoms with Crippen LogP contribution in [0.25, 0.3) is 0 Å². The molecule has 0 amide bonds. The van der Waals surface area contributed by atoms with Crippen LogP contribution < -0.4 is 9.47 Å². The van der Waals surface area contributed by atoms with Crippen LogP contribution in [0.3, 0.4) is 0 Å². The summed E-state index contributed by atoms with van der Waals surface area (Å²) in [7, 11) is 0. The average molecular weight is 418 g/mol. The molecule has 9 nitrogen and oxygen atoms in total. The van der Waals surface area contributed by atoms with Gasteiger partial charge in [0.25, 0.3) is 0 Å². The largest absolute Gasteiger partial charge is 0.508 e. The lowest BCUT2D eigenvalue weighted by molar-refractivity contribution is -0.268. The molecule has 0 bridgehead atoms. The van der Waals surface area contributed by atoms with Gasteiger partial charge in [-0.2, -0.15) is 0 Å². The van der Waals surface area contributed by atoms with Crippen molar-refractivity contribution < 1.29 is 44.5 Å². The fourth-order valence-electron chi connectivity index (χ4n) is 3.60. The van der Waals surface area contributed by atoms with E-state index < -0.39 is 36.8 Å². The molecule has 2 aliphatic heterocycles. The molecule has 0 aliphatic carbocycles. The summed E-state index contributed by atoms with van der Waals surface area (Å²) in [5.41, 5.74) is 0.695. The molecule has 1 fully saturated rings. The topological polar surface area (TPSA) is 146 Å². The van der Waals surface area contributed by atoms with Crippen LogP contribution in [-0.2, 0) is 4.74 Å². The maximum absolute atomic E-state index is 12.6. The minimum absolute atomic E-state index is 0.0115. The number of phenols is 2. The highest BCUT2D eigenvalue weighted by Crippen LogP contribution is 2.42.